The van der Waals surface area contributed by atoms with E-state index in [2.05, 4.69) is 4.72 Å². The summed E-state index contributed by atoms with van der Waals surface area (Å²) in [5, 5.41) is 0.456. The third kappa shape index (κ3) is 3.07. The molecule has 1 aromatic heterocycles. The van der Waals surface area contributed by atoms with Gasteiger partial charge in [-0.2, -0.15) is 0 Å². The number of hydrogen-bond acceptors (Lipinski definition) is 4. The molecule has 1 aromatic carbocycles. The lowest BCUT2D eigenvalue weighted by Crippen LogP contribution is -2.17. The summed E-state index contributed by atoms with van der Waals surface area (Å²) in [6.07, 6.45) is 0. The first-order chi connectivity index (χ1) is 9.76. The van der Waals surface area contributed by atoms with Crippen LogP contribution >= 0.6 is 11.6 Å². The molecule has 0 aliphatic carbocycles. The van der Waals surface area contributed by atoms with Gasteiger partial charge in [0.25, 0.3) is 10.0 Å². The number of nitrogens with two attached hydrogens (primary N) is 1. The number of rotatable bonds is 4. The summed E-state index contributed by atoms with van der Waals surface area (Å²) in [6, 6.07) is 5.02. The Morgan fingerprint density at radius 1 is 1.24 bits per heavy atom. The fraction of sp³-hybridized carbons (Fsp3) is 0.286. The highest BCUT2D eigenvalue weighted by Gasteiger charge is 2.26. The molecule has 0 spiro atoms. The summed E-state index contributed by atoms with van der Waals surface area (Å²) in [5.74, 6) is 0.832. The monoisotopic (exact) mass is 328 g/mol. The zero-order valence-corrected chi connectivity index (χ0v) is 13.6. The third-order valence-electron chi connectivity index (χ3n) is 3.24. The molecule has 2 aromatic rings. The molecule has 1 heterocycles. The maximum absolute atomic E-state index is 12.6. The fourth-order valence-corrected chi connectivity index (χ4v) is 3.95. The molecule has 0 aliphatic heterocycles. The van der Waals surface area contributed by atoms with Crippen LogP contribution < -0.4 is 10.5 Å². The fourth-order valence-electron chi connectivity index (χ4n) is 2.20. The van der Waals surface area contributed by atoms with Crippen LogP contribution in [0.15, 0.2) is 27.5 Å². The Labute approximate surface area is 129 Å². The van der Waals surface area contributed by atoms with Gasteiger partial charge in [-0.15, -0.1) is 0 Å². The van der Waals surface area contributed by atoms with Gasteiger partial charge in [0, 0.05) is 17.1 Å². The Hall–Kier alpha value is -1.50. The van der Waals surface area contributed by atoms with Crippen LogP contribution in [0.3, 0.4) is 0 Å². The number of aryl methyl sites for hydroxylation is 3. The number of halogens is 1. The second-order valence-corrected chi connectivity index (χ2v) is 6.85. The van der Waals surface area contributed by atoms with Gasteiger partial charge in [-0.25, -0.2) is 8.42 Å². The zero-order valence-electron chi connectivity index (χ0n) is 12.0. The van der Waals surface area contributed by atoms with Gasteiger partial charge in [0.2, 0.25) is 0 Å². The van der Waals surface area contributed by atoms with Gasteiger partial charge in [-0.05, 0) is 38.5 Å². The standard InChI is InChI=1S/C14H17ClN2O3S/c1-8-4-5-11(15)6-13(8)17-21(18,19)14-10(3)20-9(2)12(14)7-16/h4-6,17H,7,16H2,1-3H3. The van der Waals surface area contributed by atoms with Gasteiger partial charge in [0.1, 0.15) is 16.4 Å². The molecular formula is C14H17ClN2O3S. The minimum atomic E-state index is -3.79. The quantitative estimate of drug-likeness (QED) is 0.903. The number of hydrogen-bond donors (Lipinski definition) is 2. The van der Waals surface area contributed by atoms with Crippen LogP contribution in [0.2, 0.25) is 5.02 Å². The lowest BCUT2D eigenvalue weighted by atomic mass is 10.2. The van der Waals surface area contributed by atoms with Crippen molar-refractivity contribution in [3.8, 4) is 0 Å². The zero-order chi connectivity index (χ0) is 15.8. The van der Waals surface area contributed by atoms with E-state index in [1.54, 1.807) is 39.0 Å². The van der Waals surface area contributed by atoms with Crippen molar-refractivity contribution in [3.05, 3.63) is 45.9 Å². The van der Waals surface area contributed by atoms with Crippen molar-refractivity contribution in [1.29, 1.82) is 0 Å². The summed E-state index contributed by atoms with van der Waals surface area (Å²) >= 11 is 5.91. The van der Waals surface area contributed by atoms with Gasteiger partial charge in [0.05, 0.1) is 5.69 Å². The van der Waals surface area contributed by atoms with E-state index in [1.165, 1.54) is 0 Å². The van der Waals surface area contributed by atoms with Crippen molar-refractivity contribution < 1.29 is 12.8 Å². The SMILES string of the molecule is Cc1ccc(Cl)cc1NS(=O)(=O)c1c(C)oc(C)c1CN. The predicted molar refractivity (Wildman–Crippen MR) is 83.1 cm³/mol. The molecule has 21 heavy (non-hydrogen) atoms. The lowest BCUT2D eigenvalue weighted by Gasteiger charge is -2.11. The van der Waals surface area contributed by atoms with Crippen molar-refractivity contribution in [2.45, 2.75) is 32.2 Å². The van der Waals surface area contributed by atoms with E-state index < -0.39 is 10.0 Å². The summed E-state index contributed by atoms with van der Waals surface area (Å²) in [6.45, 7) is 5.18. The highest BCUT2D eigenvalue weighted by molar-refractivity contribution is 7.92. The number of anilines is 1. The normalized spacial score (nSPS) is 11.7. The van der Waals surface area contributed by atoms with E-state index in [4.69, 9.17) is 21.8 Å². The first kappa shape index (κ1) is 15.9. The summed E-state index contributed by atoms with van der Waals surface area (Å²) in [7, 11) is -3.79. The number of nitrogens with one attached hydrogen (secondary N) is 1. The van der Waals surface area contributed by atoms with Crippen molar-refractivity contribution >= 4 is 27.3 Å². The molecule has 2 rings (SSSR count). The van der Waals surface area contributed by atoms with Gasteiger partial charge in [-0.1, -0.05) is 17.7 Å². The van der Waals surface area contributed by atoms with Crippen molar-refractivity contribution in [3.63, 3.8) is 0 Å². The average molecular weight is 329 g/mol. The Balaban J connectivity index is 2.51. The molecule has 0 bridgehead atoms. The number of sulfonamides is 1. The topological polar surface area (TPSA) is 85.3 Å². The maximum Gasteiger partial charge on any atom is 0.265 e. The second-order valence-electron chi connectivity index (χ2n) is 4.79. The van der Waals surface area contributed by atoms with Crippen LogP contribution in [0.25, 0.3) is 0 Å². The summed E-state index contributed by atoms with van der Waals surface area (Å²) < 4.78 is 33.2. The lowest BCUT2D eigenvalue weighted by molar-refractivity contribution is 0.494. The van der Waals surface area contributed by atoms with Crippen LogP contribution in [-0.2, 0) is 16.6 Å². The first-order valence-electron chi connectivity index (χ1n) is 6.34. The largest absolute Gasteiger partial charge is 0.465 e. The van der Waals surface area contributed by atoms with E-state index >= 15 is 0 Å². The van der Waals surface area contributed by atoms with E-state index in [1.807, 2.05) is 0 Å². The third-order valence-corrected chi connectivity index (χ3v) is 5.04. The van der Waals surface area contributed by atoms with Crippen LogP contribution in [0.4, 0.5) is 5.69 Å². The predicted octanol–water partition coefficient (Wildman–Crippen LogP) is 3.12. The highest BCUT2D eigenvalue weighted by atomic mass is 35.5. The maximum atomic E-state index is 12.6. The molecule has 0 saturated heterocycles. The van der Waals surface area contributed by atoms with Crippen LogP contribution in [0, 0.1) is 20.8 Å². The molecule has 0 fully saturated rings. The molecule has 0 atom stereocenters. The minimum absolute atomic E-state index is 0.0912. The molecular weight excluding hydrogens is 312 g/mol. The molecule has 3 N–H and O–H groups in total. The average Bonchev–Trinajstić information content (AvgIpc) is 2.68. The van der Waals surface area contributed by atoms with E-state index in [-0.39, 0.29) is 11.4 Å². The van der Waals surface area contributed by atoms with Gasteiger partial charge in [-0.3, -0.25) is 4.72 Å². The van der Waals surface area contributed by atoms with Crippen molar-refractivity contribution in [2.75, 3.05) is 4.72 Å². The molecule has 0 saturated carbocycles. The Kier molecular flexibility index (Phi) is 4.32. The Morgan fingerprint density at radius 3 is 2.52 bits per heavy atom. The smallest absolute Gasteiger partial charge is 0.265 e. The molecule has 0 aliphatic rings. The molecule has 0 radical (unpaired) electrons. The van der Waals surface area contributed by atoms with Gasteiger partial charge < -0.3 is 10.2 Å². The molecule has 7 heteroatoms. The summed E-state index contributed by atoms with van der Waals surface area (Å²) in [4.78, 5) is 0.0990. The number of benzene rings is 1. The molecule has 5 nitrogen and oxygen atoms in total. The van der Waals surface area contributed by atoms with Crippen molar-refractivity contribution in [2.24, 2.45) is 5.73 Å². The second kappa shape index (κ2) is 5.71. The molecule has 114 valence electrons. The van der Waals surface area contributed by atoms with Crippen molar-refractivity contribution in [1.82, 2.24) is 0 Å². The van der Waals surface area contributed by atoms with E-state index in [0.717, 1.165) is 5.56 Å². The van der Waals surface area contributed by atoms with E-state index in [9.17, 15) is 8.42 Å². The van der Waals surface area contributed by atoms with Crippen LogP contribution in [-0.4, -0.2) is 8.42 Å². The number of furan rings is 1. The van der Waals surface area contributed by atoms with Crippen LogP contribution in [0.1, 0.15) is 22.6 Å². The summed E-state index contributed by atoms with van der Waals surface area (Å²) in [5.41, 5.74) is 7.33. The minimum Gasteiger partial charge on any atom is -0.465 e. The highest BCUT2D eigenvalue weighted by Crippen LogP contribution is 2.29. The Morgan fingerprint density at radius 2 is 1.90 bits per heavy atom. The first-order valence-corrected chi connectivity index (χ1v) is 8.20. The van der Waals surface area contributed by atoms with E-state index in [0.29, 0.717) is 27.8 Å². The van der Waals surface area contributed by atoms with Crippen LogP contribution in [0.5, 0.6) is 0 Å². The molecule has 0 unspecified atom stereocenters. The van der Waals surface area contributed by atoms with Gasteiger partial charge >= 0.3 is 0 Å². The van der Waals surface area contributed by atoms with Gasteiger partial charge in [0.15, 0.2) is 0 Å². The Bertz CT molecular complexity index is 782. The molecule has 0 amide bonds.